The van der Waals surface area contributed by atoms with Crippen LogP contribution in [-0.4, -0.2) is 50.6 Å². The summed E-state index contributed by atoms with van der Waals surface area (Å²) in [6, 6.07) is 13.9. The molecule has 2 aromatic rings. The van der Waals surface area contributed by atoms with Crippen molar-refractivity contribution >= 4 is 28.9 Å². The molecule has 1 N–H and O–H groups in total. The second-order valence-electron chi connectivity index (χ2n) is 6.68. The molecule has 1 heterocycles. The number of halogens is 1. The van der Waals surface area contributed by atoms with Gasteiger partial charge in [0.15, 0.2) is 0 Å². The molecule has 1 aliphatic rings. The number of hydrogen-bond acceptors (Lipinski definition) is 4. The first-order valence-electron chi connectivity index (χ1n) is 9.24. The third-order valence-electron chi connectivity index (χ3n) is 4.90. The molecule has 0 radical (unpaired) electrons. The highest BCUT2D eigenvalue weighted by Crippen LogP contribution is 2.28. The summed E-state index contributed by atoms with van der Waals surface area (Å²) in [7, 11) is 1.69. The van der Waals surface area contributed by atoms with Crippen LogP contribution in [0.25, 0.3) is 0 Å². The number of methoxy groups -OCH3 is 1. The number of hydrogen-bond donors (Lipinski definition) is 1. The number of carbonyl (C=O) groups excluding carboxylic acids is 1. The Morgan fingerprint density at radius 2 is 1.89 bits per heavy atom. The van der Waals surface area contributed by atoms with Gasteiger partial charge in [0.2, 0.25) is 5.91 Å². The number of benzene rings is 2. The summed E-state index contributed by atoms with van der Waals surface area (Å²) in [5, 5.41) is 4.01. The molecule has 0 aliphatic carbocycles. The fourth-order valence-corrected chi connectivity index (χ4v) is 3.44. The van der Waals surface area contributed by atoms with Crippen molar-refractivity contribution in [2.75, 3.05) is 50.1 Å². The van der Waals surface area contributed by atoms with Gasteiger partial charge >= 0.3 is 0 Å². The maximum Gasteiger partial charge on any atom is 0.224 e. The molecule has 0 aromatic heterocycles. The Bertz CT molecular complexity index is 789. The molecule has 1 amide bonds. The molecule has 0 atom stereocenters. The van der Waals surface area contributed by atoms with E-state index in [-0.39, 0.29) is 5.91 Å². The molecule has 0 saturated carbocycles. The van der Waals surface area contributed by atoms with E-state index in [0.717, 1.165) is 53.9 Å². The highest BCUT2D eigenvalue weighted by Gasteiger charge is 2.22. The minimum atomic E-state index is 0.181. The zero-order valence-electron chi connectivity index (χ0n) is 15.9. The minimum Gasteiger partial charge on any atom is -0.495 e. The maximum atomic E-state index is 12.5. The van der Waals surface area contributed by atoms with Crippen molar-refractivity contribution in [2.24, 2.45) is 0 Å². The van der Waals surface area contributed by atoms with Crippen LogP contribution in [0.3, 0.4) is 0 Å². The summed E-state index contributed by atoms with van der Waals surface area (Å²) in [6.45, 7) is 5.66. The van der Waals surface area contributed by atoms with E-state index in [9.17, 15) is 4.79 Å². The summed E-state index contributed by atoms with van der Waals surface area (Å²) >= 11 is 6.13. The van der Waals surface area contributed by atoms with Crippen molar-refractivity contribution in [3.05, 3.63) is 53.1 Å². The van der Waals surface area contributed by atoms with Crippen molar-refractivity contribution in [2.45, 2.75) is 13.3 Å². The molecule has 1 aliphatic heterocycles. The Hall–Kier alpha value is -2.40. The fraction of sp³-hybridized carbons (Fsp3) is 0.381. The topological polar surface area (TPSA) is 44.8 Å². The summed E-state index contributed by atoms with van der Waals surface area (Å²) in [5.41, 5.74) is 3.08. The smallest absolute Gasteiger partial charge is 0.224 e. The average molecular weight is 388 g/mol. The Labute approximate surface area is 165 Å². The fourth-order valence-electron chi connectivity index (χ4n) is 3.26. The van der Waals surface area contributed by atoms with Crippen molar-refractivity contribution in [1.82, 2.24) is 4.90 Å². The number of para-hydroxylation sites is 2. The minimum absolute atomic E-state index is 0.181. The lowest BCUT2D eigenvalue weighted by molar-refractivity contribution is -0.131. The van der Waals surface area contributed by atoms with Gasteiger partial charge in [-0.25, -0.2) is 0 Å². The first-order chi connectivity index (χ1) is 13.1. The predicted octanol–water partition coefficient (Wildman–Crippen LogP) is 3.81. The lowest BCUT2D eigenvalue weighted by atomic mass is 10.2. The zero-order valence-corrected chi connectivity index (χ0v) is 16.6. The molecule has 0 unspecified atom stereocenters. The molecule has 3 rings (SSSR count). The number of rotatable bonds is 6. The second kappa shape index (κ2) is 9.00. The highest BCUT2D eigenvalue weighted by molar-refractivity contribution is 6.31. The maximum absolute atomic E-state index is 12.5. The third kappa shape index (κ3) is 4.86. The standard InChI is InChI=1S/C21H26ClN3O2/c1-16-7-8-17(15-18(16)22)23-10-9-21(26)25-13-11-24(12-14-25)19-5-3-4-6-20(19)27-2/h3-8,15,23H,9-14H2,1-2H3. The molecule has 6 heteroatoms. The number of nitrogens with one attached hydrogen (secondary N) is 1. The average Bonchev–Trinajstić information content (AvgIpc) is 2.70. The van der Waals surface area contributed by atoms with Gasteiger partial charge in [-0.3, -0.25) is 4.79 Å². The Balaban J connectivity index is 1.46. The van der Waals surface area contributed by atoms with Gasteiger partial charge in [0.1, 0.15) is 5.75 Å². The molecule has 5 nitrogen and oxygen atoms in total. The predicted molar refractivity (Wildman–Crippen MR) is 111 cm³/mol. The van der Waals surface area contributed by atoms with E-state index in [1.54, 1.807) is 7.11 Å². The van der Waals surface area contributed by atoms with E-state index < -0.39 is 0 Å². The van der Waals surface area contributed by atoms with Crippen molar-refractivity contribution in [1.29, 1.82) is 0 Å². The van der Waals surface area contributed by atoms with E-state index in [1.807, 2.05) is 48.2 Å². The lowest BCUT2D eigenvalue weighted by Gasteiger charge is -2.36. The zero-order chi connectivity index (χ0) is 19.2. The van der Waals surface area contributed by atoms with Gasteiger partial charge in [0.25, 0.3) is 0 Å². The number of carbonyl (C=O) groups is 1. The van der Waals surface area contributed by atoms with Crippen molar-refractivity contribution in [3.8, 4) is 5.75 Å². The van der Waals surface area contributed by atoms with Crippen LogP contribution in [0.4, 0.5) is 11.4 Å². The lowest BCUT2D eigenvalue weighted by Crippen LogP contribution is -2.49. The molecule has 2 aromatic carbocycles. The molecule has 0 bridgehead atoms. The van der Waals surface area contributed by atoms with Crippen LogP contribution in [0.2, 0.25) is 5.02 Å². The first-order valence-corrected chi connectivity index (χ1v) is 9.62. The van der Waals surface area contributed by atoms with E-state index in [0.29, 0.717) is 13.0 Å². The molecular weight excluding hydrogens is 362 g/mol. The Kier molecular flexibility index (Phi) is 6.45. The van der Waals surface area contributed by atoms with Crippen LogP contribution in [0.5, 0.6) is 5.75 Å². The van der Waals surface area contributed by atoms with Gasteiger partial charge in [-0.05, 0) is 36.8 Å². The van der Waals surface area contributed by atoms with Gasteiger partial charge in [0, 0.05) is 49.9 Å². The normalized spacial score (nSPS) is 14.2. The molecule has 1 saturated heterocycles. The summed E-state index contributed by atoms with van der Waals surface area (Å²) in [6.07, 6.45) is 0.472. The van der Waals surface area contributed by atoms with Gasteiger partial charge < -0.3 is 19.9 Å². The first kappa shape index (κ1) is 19.4. The quantitative estimate of drug-likeness (QED) is 0.818. The van der Waals surface area contributed by atoms with Gasteiger partial charge in [0.05, 0.1) is 12.8 Å². The second-order valence-corrected chi connectivity index (χ2v) is 7.09. The van der Waals surface area contributed by atoms with Gasteiger partial charge in [-0.2, -0.15) is 0 Å². The number of anilines is 2. The van der Waals surface area contributed by atoms with Crippen LogP contribution >= 0.6 is 11.6 Å². The van der Waals surface area contributed by atoms with E-state index in [1.165, 1.54) is 0 Å². The molecule has 1 fully saturated rings. The number of nitrogens with zero attached hydrogens (tertiary/aromatic N) is 2. The SMILES string of the molecule is COc1ccccc1N1CCN(C(=O)CCNc2ccc(C)c(Cl)c2)CC1. The largest absolute Gasteiger partial charge is 0.495 e. The van der Waals surface area contributed by atoms with Gasteiger partial charge in [-0.1, -0.05) is 29.8 Å². The highest BCUT2D eigenvalue weighted by atomic mass is 35.5. The van der Waals surface area contributed by atoms with E-state index >= 15 is 0 Å². The summed E-state index contributed by atoms with van der Waals surface area (Å²) < 4.78 is 5.44. The Morgan fingerprint density at radius 3 is 2.59 bits per heavy atom. The summed E-state index contributed by atoms with van der Waals surface area (Å²) in [4.78, 5) is 16.7. The number of piperazine rings is 1. The number of amides is 1. The summed E-state index contributed by atoms with van der Waals surface area (Å²) in [5.74, 6) is 1.05. The number of aryl methyl sites for hydroxylation is 1. The van der Waals surface area contributed by atoms with Crippen molar-refractivity contribution in [3.63, 3.8) is 0 Å². The Morgan fingerprint density at radius 1 is 1.15 bits per heavy atom. The molecular formula is C21H26ClN3O2. The monoisotopic (exact) mass is 387 g/mol. The van der Waals surface area contributed by atoms with Crippen LogP contribution in [-0.2, 0) is 4.79 Å². The molecule has 27 heavy (non-hydrogen) atoms. The molecule has 144 valence electrons. The molecule has 0 spiro atoms. The van der Waals surface area contributed by atoms with E-state index in [4.69, 9.17) is 16.3 Å². The van der Waals surface area contributed by atoms with Crippen LogP contribution in [0, 0.1) is 6.92 Å². The van der Waals surface area contributed by atoms with Crippen LogP contribution in [0.1, 0.15) is 12.0 Å². The third-order valence-corrected chi connectivity index (χ3v) is 5.31. The van der Waals surface area contributed by atoms with Crippen molar-refractivity contribution < 1.29 is 9.53 Å². The van der Waals surface area contributed by atoms with Gasteiger partial charge in [-0.15, -0.1) is 0 Å². The van der Waals surface area contributed by atoms with Crippen LogP contribution < -0.4 is 15.0 Å². The number of ether oxygens (including phenoxy) is 1. The van der Waals surface area contributed by atoms with Crippen LogP contribution in [0.15, 0.2) is 42.5 Å². The van der Waals surface area contributed by atoms with E-state index in [2.05, 4.69) is 16.3 Å².